The predicted octanol–water partition coefficient (Wildman–Crippen LogP) is 6.37. The molecule has 0 fully saturated rings. The van der Waals surface area contributed by atoms with Crippen LogP contribution >= 0.6 is 23.2 Å². The van der Waals surface area contributed by atoms with Crippen molar-refractivity contribution in [1.29, 1.82) is 0 Å². The van der Waals surface area contributed by atoms with Gasteiger partial charge in [0, 0.05) is 17.0 Å². The van der Waals surface area contributed by atoms with Gasteiger partial charge >= 0.3 is 0 Å². The molecule has 2 aliphatic rings. The van der Waals surface area contributed by atoms with Gasteiger partial charge in [0.05, 0.1) is 22.3 Å². The lowest BCUT2D eigenvalue weighted by Gasteiger charge is -2.38. The minimum absolute atomic E-state index is 0.113. The zero-order chi connectivity index (χ0) is 19.3. The largest absolute Gasteiger partial charge is 0.464 e. The zero-order valence-electron chi connectivity index (χ0n) is 14.6. The van der Waals surface area contributed by atoms with Gasteiger partial charge in [0.1, 0.15) is 11.6 Å². The highest BCUT2D eigenvalue weighted by Gasteiger charge is 2.42. The number of fused-ring (bicyclic) bond motifs is 3. The fourth-order valence-corrected chi connectivity index (χ4v) is 4.24. The molecule has 0 amide bonds. The van der Waals surface area contributed by atoms with Gasteiger partial charge in [-0.05, 0) is 35.9 Å². The van der Waals surface area contributed by atoms with E-state index in [1.807, 2.05) is 42.5 Å². The van der Waals surface area contributed by atoms with Gasteiger partial charge in [-0.1, -0.05) is 59.6 Å². The van der Waals surface area contributed by atoms with Crippen LogP contribution in [0.3, 0.4) is 0 Å². The second-order valence-electron chi connectivity index (χ2n) is 6.80. The molecule has 2 atom stereocenters. The van der Waals surface area contributed by atoms with E-state index in [1.54, 1.807) is 23.2 Å². The van der Waals surface area contributed by atoms with E-state index >= 15 is 0 Å². The molecule has 0 spiro atoms. The summed E-state index contributed by atoms with van der Waals surface area (Å²) in [5.41, 5.74) is 3.16. The first kappa shape index (κ1) is 17.5. The number of rotatable bonds is 2. The van der Waals surface area contributed by atoms with Crippen LogP contribution in [0, 0.1) is 5.82 Å². The Morgan fingerprint density at radius 2 is 1.82 bits per heavy atom. The van der Waals surface area contributed by atoms with E-state index in [4.69, 9.17) is 33.0 Å². The number of hydrogen-bond acceptors (Lipinski definition) is 3. The normalized spacial score (nSPS) is 20.2. The van der Waals surface area contributed by atoms with Gasteiger partial charge in [0.15, 0.2) is 0 Å². The summed E-state index contributed by atoms with van der Waals surface area (Å²) in [5.74, 6) is 0.247. The van der Waals surface area contributed by atoms with Gasteiger partial charge in [-0.15, -0.1) is 0 Å². The van der Waals surface area contributed by atoms with Crippen molar-refractivity contribution >= 4 is 28.9 Å². The van der Waals surface area contributed by atoms with Gasteiger partial charge in [-0.25, -0.2) is 9.40 Å². The third kappa shape index (κ3) is 2.84. The monoisotopic (exact) mass is 412 g/mol. The summed E-state index contributed by atoms with van der Waals surface area (Å²) in [6, 6.07) is 19.9. The summed E-state index contributed by atoms with van der Waals surface area (Å²) in [4.78, 5) is 0. The second kappa shape index (κ2) is 6.80. The van der Waals surface area contributed by atoms with E-state index in [0.717, 1.165) is 16.8 Å². The summed E-state index contributed by atoms with van der Waals surface area (Å²) < 4.78 is 20.9. The molecule has 28 heavy (non-hydrogen) atoms. The lowest BCUT2D eigenvalue weighted by Crippen LogP contribution is -2.34. The van der Waals surface area contributed by atoms with Crippen LogP contribution in [-0.2, 0) is 0 Å². The quantitative estimate of drug-likeness (QED) is 0.487. The van der Waals surface area contributed by atoms with Crippen LogP contribution in [0.1, 0.15) is 35.4 Å². The summed E-state index contributed by atoms with van der Waals surface area (Å²) in [5, 5.41) is 7.54. The average molecular weight is 413 g/mol. The Morgan fingerprint density at radius 1 is 1.00 bits per heavy atom. The van der Waals surface area contributed by atoms with Crippen molar-refractivity contribution in [3.63, 3.8) is 0 Å². The highest BCUT2D eigenvalue weighted by atomic mass is 35.5. The van der Waals surface area contributed by atoms with Crippen molar-refractivity contribution in [3.05, 3.63) is 99.3 Å². The molecule has 2 heterocycles. The average Bonchev–Trinajstić information content (AvgIpc) is 3.15. The Morgan fingerprint density at radius 3 is 2.61 bits per heavy atom. The van der Waals surface area contributed by atoms with Crippen LogP contribution in [0.25, 0.3) is 0 Å². The molecule has 140 valence electrons. The van der Waals surface area contributed by atoms with Crippen molar-refractivity contribution in [3.8, 4) is 5.75 Å². The number of benzene rings is 3. The SMILES string of the molecule is Fc1cccc(Cl)c1[C@@H]1Oc2ccc(Cl)cc2[C@@H]2CC(c3ccccc3)=NN21. The maximum absolute atomic E-state index is 14.7. The highest BCUT2D eigenvalue weighted by Crippen LogP contribution is 2.49. The van der Waals surface area contributed by atoms with Crippen molar-refractivity contribution in [2.75, 3.05) is 0 Å². The molecular weight excluding hydrogens is 398 g/mol. The van der Waals surface area contributed by atoms with E-state index < -0.39 is 12.0 Å². The summed E-state index contributed by atoms with van der Waals surface area (Å²) in [7, 11) is 0. The number of halogens is 3. The molecule has 0 radical (unpaired) electrons. The standard InChI is InChI=1S/C22H15Cl2FN2O/c23-14-9-10-20-15(11-14)19-12-18(13-5-2-1-3-6-13)26-27(19)22(28-20)21-16(24)7-4-8-17(21)25/h1-11,19,22H,12H2/t19-,22-/m0/s1. The Bertz CT molecular complexity index is 1070. The minimum Gasteiger partial charge on any atom is -0.464 e. The lowest BCUT2D eigenvalue weighted by atomic mass is 9.96. The van der Waals surface area contributed by atoms with Crippen molar-refractivity contribution in [2.45, 2.75) is 18.7 Å². The van der Waals surface area contributed by atoms with Crippen molar-refractivity contribution < 1.29 is 9.13 Å². The molecule has 0 saturated heterocycles. The maximum Gasteiger partial charge on any atom is 0.218 e. The maximum atomic E-state index is 14.7. The Kier molecular flexibility index (Phi) is 4.26. The molecule has 0 aromatic heterocycles. The van der Waals surface area contributed by atoms with Gasteiger partial charge < -0.3 is 4.74 Å². The van der Waals surface area contributed by atoms with Gasteiger partial charge in [-0.2, -0.15) is 5.10 Å². The minimum atomic E-state index is -0.756. The van der Waals surface area contributed by atoms with Gasteiger partial charge in [-0.3, -0.25) is 0 Å². The van der Waals surface area contributed by atoms with Crippen molar-refractivity contribution in [1.82, 2.24) is 5.01 Å². The molecule has 0 unspecified atom stereocenters. The molecular formula is C22H15Cl2FN2O. The molecule has 0 aliphatic carbocycles. The molecule has 3 aromatic rings. The summed E-state index contributed by atoms with van der Waals surface area (Å²) >= 11 is 12.6. The highest BCUT2D eigenvalue weighted by molar-refractivity contribution is 6.31. The third-order valence-corrected chi connectivity index (χ3v) is 5.67. The summed E-state index contributed by atoms with van der Waals surface area (Å²) in [6.07, 6.45) is -0.0860. The molecule has 3 aromatic carbocycles. The van der Waals surface area contributed by atoms with Crippen LogP contribution in [0.2, 0.25) is 10.0 Å². The fourth-order valence-electron chi connectivity index (χ4n) is 3.80. The Labute approximate surface area is 172 Å². The van der Waals surface area contributed by atoms with Crippen LogP contribution in [0.5, 0.6) is 5.75 Å². The number of hydrogen-bond donors (Lipinski definition) is 0. The van der Waals surface area contributed by atoms with E-state index in [9.17, 15) is 4.39 Å². The third-order valence-electron chi connectivity index (χ3n) is 5.11. The van der Waals surface area contributed by atoms with E-state index in [-0.39, 0.29) is 11.6 Å². The van der Waals surface area contributed by atoms with Gasteiger partial charge in [0.2, 0.25) is 6.23 Å². The second-order valence-corrected chi connectivity index (χ2v) is 7.64. The van der Waals surface area contributed by atoms with E-state index in [2.05, 4.69) is 0 Å². The molecule has 5 rings (SSSR count). The Balaban J connectivity index is 1.66. The van der Waals surface area contributed by atoms with Crippen LogP contribution < -0.4 is 4.74 Å². The molecule has 6 heteroatoms. The smallest absolute Gasteiger partial charge is 0.218 e. The summed E-state index contributed by atoms with van der Waals surface area (Å²) in [6.45, 7) is 0. The van der Waals surface area contributed by atoms with E-state index in [0.29, 0.717) is 22.2 Å². The van der Waals surface area contributed by atoms with Crippen LogP contribution in [0.4, 0.5) is 4.39 Å². The number of ether oxygens (including phenoxy) is 1. The van der Waals surface area contributed by atoms with E-state index in [1.165, 1.54) is 6.07 Å². The molecule has 3 nitrogen and oxygen atoms in total. The molecule has 0 bridgehead atoms. The van der Waals surface area contributed by atoms with Crippen LogP contribution in [-0.4, -0.2) is 10.7 Å². The first-order chi connectivity index (χ1) is 13.6. The molecule has 0 N–H and O–H groups in total. The van der Waals surface area contributed by atoms with Crippen LogP contribution in [0.15, 0.2) is 71.8 Å². The first-order valence-corrected chi connectivity index (χ1v) is 9.68. The lowest BCUT2D eigenvalue weighted by molar-refractivity contribution is -0.0211. The van der Waals surface area contributed by atoms with Gasteiger partial charge in [0.25, 0.3) is 0 Å². The number of nitrogens with zero attached hydrogens (tertiary/aromatic N) is 2. The number of hydrazone groups is 1. The van der Waals surface area contributed by atoms with Crippen molar-refractivity contribution in [2.24, 2.45) is 5.10 Å². The predicted molar refractivity (Wildman–Crippen MR) is 108 cm³/mol. The molecule has 0 saturated carbocycles. The molecule has 2 aliphatic heterocycles. The Hall–Kier alpha value is -2.56. The first-order valence-electron chi connectivity index (χ1n) is 8.93. The fraction of sp³-hybridized carbons (Fsp3) is 0.136. The zero-order valence-corrected chi connectivity index (χ0v) is 16.2. The topological polar surface area (TPSA) is 24.8 Å².